The number of nitrogens with zero attached hydrogens (tertiary/aromatic N) is 1. The van der Waals surface area contributed by atoms with Gasteiger partial charge in [-0.05, 0) is 48.7 Å². The molecule has 172 valence electrons. The standard InChI is InChI=1S/C22H26F3N5O2/c1-3-6-14(2)20(31)19-13-30(29-28-19)16-11-9-15(10-12-16)26-21(32)27-18-8-5-4-7-17(18)22(23,24)25/h4-5,7-14,20,28-29,31H,3,6H2,1-2H3,(H2,26,27,32). The van der Waals surface area contributed by atoms with Gasteiger partial charge in [0.05, 0.1) is 28.7 Å². The van der Waals surface area contributed by atoms with E-state index in [0.29, 0.717) is 11.4 Å². The predicted molar refractivity (Wildman–Crippen MR) is 117 cm³/mol. The summed E-state index contributed by atoms with van der Waals surface area (Å²) in [7, 11) is 0. The molecule has 0 saturated heterocycles. The number of benzene rings is 2. The molecule has 0 saturated carbocycles. The molecule has 32 heavy (non-hydrogen) atoms. The Morgan fingerprint density at radius 1 is 1.12 bits per heavy atom. The molecule has 0 spiro atoms. The Morgan fingerprint density at radius 3 is 2.47 bits per heavy atom. The number of nitrogens with one attached hydrogen (secondary N) is 4. The third kappa shape index (κ3) is 5.71. The van der Waals surface area contributed by atoms with Crippen molar-refractivity contribution in [1.29, 1.82) is 0 Å². The lowest BCUT2D eigenvalue weighted by molar-refractivity contribution is -0.136. The minimum atomic E-state index is -4.57. The van der Waals surface area contributed by atoms with Crippen molar-refractivity contribution in [3.8, 4) is 0 Å². The van der Waals surface area contributed by atoms with Crippen molar-refractivity contribution in [3.63, 3.8) is 0 Å². The number of amides is 2. The number of hydrogen-bond acceptors (Lipinski definition) is 5. The monoisotopic (exact) mass is 449 g/mol. The fourth-order valence-electron chi connectivity index (χ4n) is 3.37. The molecular formula is C22H26F3N5O2. The van der Waals surface area contributed by atoms with Crippen LogP contribution in [0.15, 0.2) is 60.4 Å². The highest BCUT2D eigenvalue weighted by atomic mass is 19.4. The van der Waals surface area contributed by atoms with Crippen LogP contribution in [0.25, 0.3) is 0 Å². The number of halogens is 3. The van der Waals surface area contributed by atoms with Gasteiger partial charge in [-0.2, -0.15) is 13.2 Å². The summed E-state index contributed by atoms with van der Waals surface area (Å²) in [5.74, 6) is 0.105. The molecule has 7 nitrogen and oxygen atoms in total. The summed E-state index contributed by atoms with van der Waals surface area (Å²) in [6.45, 7) is 4.05. The smallest absolute Gasteiger partial charge is 0.387 e. The molecule has 2 aromatic rings. The zero-order chi connectivity index (χ0) is 23.3. The second kappa shape index (κ2) is 9.92. The number of carbonyl (C=O) groups excluding carboxylic acids is 1. The van der Waals surface area contributed by atoms with Gasteiger partial charge in [0.1, 0.15) is 0 Å². The highest BCUT2D eigenvalue weighted by molar-refractivity contribution is 6.00. The van der Waals surface area contributed by atoms with Crippen LogP contribution in [-0.4, -0.2) is 17.2 Å². The molecule has 2 atom stereocenters. The maximum absolute atomic E-state index is 13.1. The average molecular weight is 449 g/mol. The molecule has 1 heterocycles. The van der Waals surface area contributed by atoms with Gasteiger partial charge in [0.15, 0.2) is 0 Å². The van der Waals surface area contributed by atoms with Crippen LogP contribution in [0.2, 0.25) is 0 Å². The summed E-state index contributed by atoms with van der Waals surface area (Å²) in [6, 6.07) is 10.7. The van der Waals surface area contributed by atoms with E-state index in [1.165, 1.54) is 18.2 Å². The lowest BCUT2D eigenvalue weighted by atomic mass is 9.97. The van der Waals surface area contributed by atoms with Crippen LogP contribution in [0.1, 0.15) is 32.3 Å². The molecule has 2 aromatic carbocycles. The molecule has 2 amide bonds. The van der Waals surface area contributed by atoms with E-state index in [4.69, 9.17) is 0 Å². The summed E-state index contributed by atoms with van der Waals surface area (Å²) in [5.41, 5.74) is 6.43. The second-order valence-corrected chi connectivity index (χ2v) is 7.57. The van der Waals surface area contributed by atoms with Gasteiger partial charge in [-0.15, -0.1) is 5.53 Å². The Hall–Kier alpha value is -3.24. The number of aliphatic hydroxyl groups excluding tert-OH is 1. The highest BCUT2D eigenvalue weighted by Gasteiger charge is 2.33. The molecule has 3 rings (SSSR count). The number of para-hydroxylation sites is 1. The van der Waals surface area contributed by atoms with Gasteiger partial charge in [-0.3, -0.25) is 5.01 Å². The zero-order valence-electron chi connectivity index (χ0n) is 17.7. The molecule has 5 N–H and O–H groups in total. The number of alkyl halides is 3. The van der Waals surface area contributed by atoms with E-state index in [1.54, 1.807) is 35.5 Å². The van der Waals surface area contributed by atoms with Crippen molar-refractivity contribution >= 4 is 23.1 Å². The average Bonchev–Trinajstić information content (AvgIpc) is 3.23. The fraction of sp³-hybridized carbons (Fsp3) is 0.318. The molecule has 1 aliphatic rings. The lowest BCUT2D eigenvalue weighted by Gasteiger charge is -2.18. The summed E-state index contributed by atoms with van der Waals surface area (Å²) in [6.07, 6.45) is -1.57. The quantitative estimate of drug-likeness (QED) is 0.418. The van der Waals surface area contributed by atoms with Crippen molar-refractivity contribution < 1.29 is 23.1 Å². The van der Waals surface area contributed by atoms with Gasteiger partial charge in [0, 0.05) is 11.9 Å². The number of hydrazine groups is 2. The van der Waals surface area contributed by atoms with Crippen LogP contribution in [-0.2, 0) is 6.18 Å². The SMILES string of the molecule is CCCC(C)C(O)C1=CN(c2ccc(NC(=O)Nc3ccccc3C(F)(F)F)cc2)NN1. The van der Waals surface area contributed by atoms with Crippen molar-refractivity contribution in [2.24, 2.45) is 5.92 Å². The first kappa shape index (κ1) is 23.4. The highest BCUT2D eigenvalue weighted by Crippen LogP contribution is 2.34. The van der Waals surface area contributed by atoms with Crippen LogP contribution in [0.4, 0.5) is 35.0 Å². The van der Waals surface area contributed by atoms with Crippen LogP contribution in [0.5, 0.6) is 0 Å². The molecule has 10 heteroatoms. The predicted octanol–water partition coefficient (Wildman–Crippen LogP) is 4.82. The number of hydrogen-bond donors (Lipinski definition) is 5. The first-order chi connectivity index (χ1) is 15.2. The Labute approximate surface area is 184 Å². The Morgan fingerprint density at radius 2 is 1.81 bits per heavy atom. The Balaban J connectivity index is 1.62. The molecule has 0 radical (unpaired) electrons. The summed E-state index contributed by atoms with van der Waals surface area (Å²) >= 11 is 0. The normalized spacial score (nSPS) is 15.6. The summed E-state index contributed by atoms with van der Waals surface area (Å²) in [5, 5.41) is 16.9. The minimum Gasteiger partial charge on any atom is -0.387 e. The van der Waals surface area contributed by atoms with E-state index in [9.17, 15) is 23.1 Å². The van der Waals surface area contributed by atoms with Gasteiger partial charge in [0.25, 0.3) is 0 Å². The maximum Gasteiger partial charge on any atom is 0.418 e. The van der Waals surface area contributed by atoms with E-state index in [-0.39, 0.29) is 11.6 Å². The summed E-state index contributed by atoms with van der Waals surface area (Å²) < 4.78 is 39.2. The van der Waals surface area contributed by atoms with Gasteiger partial charge in [0.2, 0.25) is 0 Å². The van der Waals surface area contributed by atoms with Crippen molar-refractivity contribution in [2.75, 3.05) is 15.6 Å². The van der Waals surface area contributed by atoms with Gasteiger partial charge in [-0.25, -0.2) is 4.79 Å². The van der Waals surface area contributed by atoms with Crippen molar-refractivity contribution in [2.45, 2.75) is 39.0 Å². The Kier molecular flexibility index (Phi) is 7.26. The number of urea groups is 1. The molecule has 1 aliphatic heterocycles. The largest absolute Gasteiger partial charge is 0.418 e. The topological polar surface area (TPSA) is 88.7 Å². The Bertz CT molecular complexity index is 963. The zero-order valence-corrected chi connectivity index (χ0v) is 17.7. The van der Waals surface area contributed by atoms with Crippen LogP contribution >= 0.6 is 0 Å². The first-order valence-electron chi connectivity index (χ1n) is 10.2. The maximum atomic E-state index is 13.1. The van der Waals surface area contributed by atoms with Gasteiger partial charge >= 0.3 is 12.2 Å². The van der Waals surface area contributed by atoms with E-state index in [1.807, 2.05) is 6.92 Å². The fourth-order valence-corrected chi connectivity index (χ4v) is 3.37. The van der Waals surface area contributed by atoms with E-state index in [0.717, 1.165) is 24.6 Å². The molecule has 0 aliphatic carbocycles. The molecule has 0 fully saturated rings. The number of carbonyl (C=O) groups is 1. The van der Waals surface area contributed by atoms with E-state index in [2.05, 4.69) is 28.5 Å². The number of aliphatic hydroxyl groups is 1. The second-order valence-electron chi connectivity index (χ2n) is 7.57. The van der Waals surface area contributed by atoms with Gasteiger partial charge in [-0.1, -0.05) is 32.4 Å². The minimum absolute atomic E-state index is 0.105. The lowest BCUT2D eigenvalue weighted by Crippen LogP contribution is -2.38. The molecule has 0 aromatic heterocycles. The van der Waals surface area contributed by atoms with Crippen molar-refractivity contribution in [1.82, 2.24) is 11.0 Å². The van der Waals surface area contributed by atoms with E-state index < -0.39 is 23.9 Å². The molecule has 0 bridgehead atoms. The van der Waals surface area contributed by atoms with Crippen molar-refractivity contribution in [3.05, 3.63) is 66.0 Å². The third-order valence-electron chi connectivity index (χ3n) is 5.07. The third-order valence-corrected chi connectivity index (χ3v) is 5.07. The summed E-state index contributed by atoms with van der Waals surface area (Å²) in [4.78, 5) is 12.2. The number of rotatable bonds is 7. The first-order valence-corrected chi connectivity index (χ1v) is 10.2. The van der Waals surface area contributed by atoms with Crippen LogP contribution < -0.4 is 26.6 Å². The van der Waals surface area contributed by atoms with Gasteiger partial charge < -0.3 is 21.2 Å². The van der Waals surface area contributed by atoms with Crippen LogP contribution in [0.3, 0.4) is 0 Å². The van der Waals surface area contributed by atoms with E-state index >= 15 is 0 Å². The number of anilines is 3. The van der Waals surface area contributed by atoms with Crippen LogP contribution in [0, 0.1) is 5.92 Å². The molecule has 2 unspecified atom stereocenters. The molecular weight excluding hydrogens is 423 g/mol.